The number of amides is 1. The van der Waals surface area contributed by atoms with Crippen LogP contribution in [0, 0.1) is 19.8 Å². The van der Waals surface area contributed by atoms with Crippen LogP contribution in [0.4, 0.5) is 0 Å². The van der Waals surface area contributed by atoms with Crippen molar-refractivity contribution in [2.45, 2.75) is 58.4 Å². The lowest BCUT2D eigenvalue weighted by molar-refractivity contribution is 0.0689. The van der Waals surface area contributed by atoms with Crippen molar-refractivity contribution in [2.75, 3.05) is 13.1 Å². The van der Waals surface area contributed by atoms with Gasteiger partial charge >= 0.3 is 0 Å². The topological polar surface area (TPSA) is 38.1 Å². The van der Waals surface area contributed by atoms with Gasteiger partial charge in [-0.1, -0.05) is 0 Å². The van der Waals surface area contributed by atoms with E-state index in [1.807, 2.05) is 23.2 Å². The van der Waals surface area contributed by atoms with Crippen LogP contribution in [0.15, 0.2) is 18.3 Å². The minimum absolute atomic E-state index is 0.220. The van der Waals surface area contributed by atoms with E-state index in [-0.39, 0.29) is 5.91 Å². The fourth-order valence-corrected chi connectivity index (χ4v) is 4.72. The molecule has 0 unspecified atom stereocenters. The molecule has 0 radical (unpaired) electrons. The molecule has 1 saturated carbocycles. The van der Waals surface area contributed by atoms with Crippen LogP contribution in [0.25, 0.3) is 0 Å². The van der Waals surface area contributed by atoms with Gasteiger partial charge in [0.2, 0.25) is 0 Å². The van der Waals surface area contributed by atoms with Crippen LogP contribution in [0.3, 0.4) is 0 Å². The molecule has 5 heteroatoms. The quantitative estimate of drug-likeness (QED) is 0.796. The number of carbonyl (C=O) groups excluding carboxylic acids is 1. The van der Waals surface area contributed by atoms with Gasteiger partial charge in [-0.15, -0.1) is 11.3 Å². The maximum atomic E-state index is 12.6. The van der Waals surface area contributed by atoms with Gasteiger partial charge in [-0.2, -0.15) is 0 Å². The number of aromatic nitrogens is 2. The molecule has 1 aliphatic carbocycles. The molecule has 3 heterocycles. The predicted octanol–water partition coefficient (Wildman–Crippen LogP) is 4.38. The zero-order valence-corrected chi connectivity index (χ0v) is 16.0. The summed E-state index contributed by atoms with van der Waals surface area (Å²) in [5.74, 6) is 2.96. The molecule has 0 aromatic carbocycles. The minimum Gasteiger partial charge on any atom is -0.338 e. The minimum atomic E-state index is 0.220. The Balaban J connectivity index is 1.29. The first-order valence-corrected chi connectivity index (χ1v) is 10.3. The summed E-state index contributed by atoms with van der Waals surface area (Å²) in [4.78, 5) is 21.3. The first-order valence-electron chi connectivity index (χ1n) is 9.49. The van der Waals surface area contributed by atoms with Crippen LogP contribution in [-0.4, -0.2) is 33.4 Å². The van der Waals surface area contributed by atoms with Crippen LogP contribution in [0.1, 0.15) is 64.1 Å². The van der Waals surface area contributed by atoms with Gasteiger partial charge in [-0.05, 0) is 64.0 Å². The van der Waals surface area contributed by atoms with E-state index in [2.05, 4.69) is 23.4 Å². The van der Waals surface area contributed by atoms with Gasteiger partial charge in [0.05, 0.1) is 4.88 Å². The second-order valence-electron chi connectivity index (χ2n) is 7.62. The lowest BCUT2D eigenvalue weighted by Crippen LogP contribution is -2.38. The van der Waals surface area contributed by atoms with Crippen molar-refractivity contribution in [1.29, 1.82) is 0 Å². The van der Waals surface area contributed by atoms with Gasteiger partial charge in [0, 0.05) is 42.3 Å². The van der Waals surface area contributed by atoms with E-state index in [9.17, 15) is 4.79 Å². The van der Waals surface area contributed by atoms with E-state index >= 15 is 0 Å². The van der Waals surface area contributed by atoms with Crippen molar-refractivity contribution in [3.8, 4) is 0 Å². The highest BCUT2D eigenvalue weighted by Crippen LogP contribution is 2.39. The fraction of sp³-hybridized carbons (Fsp3) is 0.600. The van der Waals surface area contributed by atoms with Crippen molar-refractivity contribution in [3.05, 3.63) is 39.6 Å². The molecule has 2 fully saturated rings. The molecule has 1 aliphatic heterocycles. The van der Waals surface area contributed by atoms with Crippen LogP contribution >= 0.6 is 11.3 Å². The third-order valence-corrected chi connectivity index (χ3v) is 6.63. The van der Waals surface area contributed by atoms with Crippen molar-refractivity contribution >= 4 is 17.2 Å². The van der Waals surface area contributed by atoms with Crippen molar-refractivity contribution < 1.29 is 4.79 Å². The maximum Gasteiger partial charge on any atom is 0.263 e. The summed E-state index contributed by atoms with van der Waals surface area (Å²) in [7, 11) is 0. The number of piperidine rings is 1. The molecule has 134 valence electrons. The Labute approximate surface area is 153 Å². The first kappa shape index (κ1) is 16.8. The van der Waals surface area contributed by atoms with Crippen LogP contribution in [-0.2, 0) is 6.54 Å². The lowest BCUT2D eigenvalue weighted by atomic mass is 9.93. The second-order valence-corrected chi connectivity index (χ2v) is 8.91. The molecule has 4 nitrogen and oxygen atoms in total. The molecule has 0 N–H and O–H groups in total. The Kier molecular flexibility index (Phi) is 4.67. The Morgan fingerprint density at radius 2 is 1.96 bits per heavy atom. The average Bonchev–Trinajstić information content (AvgIpc) is 3.27. The lowest BCUT2D eigenvalue weighted by Gasteiger charge is -2.32. The Morgan fingerprint density at radius 3 is 2.60 bits per heavy atom. The molecule has 2 aliphatic rings. The van der Waals surface area contributed by atoms with Crippen LogP contribution in [0.2, 0.25) is 0 Å². The highest BCUT2D eigenvalue weighted by Gasteiger charge is 2.29. The largest absolute Gasteiger partial charge is 0.338 e. The molecule has 0 atom stereocenters. The van der Waals surface area contributed by atoms with Gasteiger partial charge in [-0.25, -0.2) is 4.98 Å². The zero-order valence-electron chi connectivity index (χ0n) is 15.2. The van der Waals surface area contributed by atoms with Crippen molar-refractivity contribution in [3.63, 3.8) is 0 Å². The van der Waals surface area contributed by atoms with E-state index in [0.29, 0.717) is 5.92 Å². The summed E-state index contributed by atoms with van der Waals surface area (Å²) in [6, 6.07) is 4.01. The summed E-state index contributed by atoms with van der Waals surface area (Å²) in [5.41, 5.74) is 1.29. The fourth-order valence-electron chi connectivity index (χ4n) is 3.88. The number of rotatable bonds is 5. The zero-order chi connectivity index (χ0) is 17.4. The van der Waals surface area contributed by atoms with E-state index in [4.69, 9.17) is 0 Å². The molecule has 0 spiro atoms. The Morgan fingerprint density at radius 1 is 1.20 bits per heavy atom. The van der Waals surface area contributed by atoms with Crippen molar-refractivity contribution in [1.82, 2.24) is 14.5 Å². The van der Waals surface area contributed by atoms with Gasteiger partial charge in [0.25, 0.3) is 5.91 Å². The molecule has 4 rings (SSSR count). The molecule has 2 aromatic heterocycles. The molecular weight excluding hydrogens is 330 g/mol. The van der Waals surface area contributed by atoms with Crippen LogP contribution in [0.5, 0.6) is 0 Å². The summed E-state index contributed by atoms with van der Waals surface area (Å²) in [5, 5.41) is 0. The highest BCUT2D eigenvalue weighted by molar-refractivity contribution is 7.13. The third kappa shape index (κ3) is 3.66. The van der Waals surface area contributed by atoms with Gasteiger partial charge in [0.1, 0.15) is 5.82 Å². The first-order chi connectivity index (χ1) is 12.1. The van der Waals surface area contributed by atoms with Crippen LogP contribution < -0.4 is 0 Å². The molecule has 0 bridgehead atoms. The number of thiophene rings is 1. The number of likely N-dealkylation sites (tertiary alicyclic amines) is 1. The van der Waals surface area contributed by atoms with Gasteiger partial charge < -0.3 is 9.47 Å². The average molecular weight is 358 g/mol. The maximum absolute atomic E-state index is 12.6. The SMILES string of the molecule is Cc1ccc(C(=O)N2CCC(CCn3c(C)cnc3C3CC3)CC2)s1. The summed E-state index contributed by atoms with van der Waals surface area (Å²) < 4.78 is 2.43. The number of aryl methyl sites for hydroxylation is 2. The standard InChI is InChI=1S/C20H27N3OS/c1-14-13-21-19(17-4-5-17)23(14)12-9-16-7-10-22(11-8-16)20(24)18-6-3-15(2)25-18/h3,6,13,16-17H,4-5,7-12H2,1-2H3. The van der Waals surface area contributed by atoms with E-state index < -0.39 is 0 Å². The molecule has 1 amide bonds. The number of nitrogens with zero attached hydrogens (tertiary/aromatic N) is 3. The highest BCUT2D eigenvalue weighted by atomic mass is 32.1. The Hall–Kier alpha value is -1.62. The van der Waals surface area contributed by atoms with E-state index in [1.165, 1.54) is 35.7 Å². The summed E-state index contributed by atoms with van der Waals surface area (Å²) in [6.07, 6.45) is 8.10. The molecule has 2 aromatic rings. The summed E-state index contributed by atoms with van der Waals surface area (Å²) in [6.45, 7) is 7.11. The normalized spacial score (nSPS) is 18.7. The number of carbonyl (C=O) groups is 1. The van der Waals surface area contributed by atoms with E-state index in [0.717, 1.165) is 43.3 Å². The van der Waals surface area contributed by atoms with Gasteiger partial charge in [0.15, 0.2) is 0 Å². The monoisotopic (exact) mass is 357 g/mol. The van der Waals surface area contributed by atoms with Gasteiger partial charge in [-0.3, -0.25) is 4.79 Å². The van der Waals surface area contributed by atoms with E-state index in [1.54, 1.807) is 11.3 Å². The molecule has 1 saturated heterocycles. The number of hydrogen-bond acceptors (Lipinski definition) is 3. The smallest absolute Gasteiger partial charge is 0.263 e. The third-order valence-electron chi connectivity index (χ3n) is 5.64. The number of hydrogen-bond donors (Lipinski definition) is 0. The second kappa shape index (κ2) is 6.94. The number of imidazole rings is 1. The summed E-state index contributed by atoms with van der Waals surface area (Å²) >= 11 is 1.61. The Bertz CT molecular complexity index is 751. The predicted molar refractivity (Wildman–Crippen MR) is 101 cm³/mol. The molecule has 25 heavy (non-hydrogen) atoms. The van der Waals surface area contributed by atoms with Crippen molar-refractivity contribution in [2.24, 2.45) is 5.92 Å². The molecular formula is C20H27N3OS.